The fraction of sp³-hybridized carbons (Fsp3) is 0.238. The van der Waals surface area contributed by atoms with E-state index in [2.05, 4.69) is 79.8 Å². The Labute approximate surface area is 133 Å². The summed E-state index contributed by atoms with van der Waals surface area (Å²) in [4.78, 5) is 0. The number of hydrogen-bond acceptors (Lipinski definition) is 1. The van der Waals surface area contributed by atoms with Gasteiger partial charge in [-0.05, 0) is 40.3 Å². The first-order valence-corrected chi connectivity index (χ1v) is 8.14. The molecule has 0 bridgehead atoms. The number of fused-ring (bicyclic) bond motifs is 1. The Balaban J connectivity index is 1.92. The van der Waals surface area contributed by atoms with E-state index in [0.29, 0.717) is 0 Å². The van der Waals surface area contributed by atoms with Gasteiger partial charge in [0.1, 0.15) is 0 Å². The average Bonchev–Trinajstić information content (AvgIpc) is 2.59. The van der Waals surface area contributed by atoms with Crippen LogP contribution in [-0.2, 0) is 19.4 Å². The molecule has 0 aliphatic rings. The Morgan fingerprint density at radius 1 is 0.682 bits per heavy atom. The average molecular weight is 289 g/mol. The summed E-state index contributed by atoms with van der Waals surface area (Å²) in [5, 5.41) is 6.34. The SMILES string of the molecule is CCc1cccc(CC)c1NCc1cccc2ccccc12. The molecule has 112 valence electrons. The zero-order valence-corrected chi connectivity index (χ0v) is 13.4. The lowest BCUT2D eigenvalue weighted by Gasteiger charge is -2.16. The highest BCUT2D eigenvalue weighted by Gasteiger charge is 2.07. The van der Waals surface area contributed by atoms with E-state index in [9.17, 15) is 0 Å². The monoisotopic (exact) mass is 289 g/mol. The van der Waals surface area contributed by atoms with Crippen molar-refractivity contribution in [2.45, 2.75) is 33.2 Å². The first kappa shape index (κ1) is 14.6. The Kier molecular flexibility index (Phi) is 4.43. The first-order chi connectivity index (χ1) is 10.8. The summed E-state index contributed by atoms with van der Waals surface area (Å²) in [7, 11) is 0. The number of aryl methyl sites for hydroxylation is 2. The van der Waals surface area contributed by atoms with Gasteiger partial charge in [0.05, 0.1) is 0 Å². The van der Waals surface area contributed by atoms with E-state index >= 15 is 0 Å². The fourth-order valence-electron chi connectivity index (χ4n) is 3.10. The van der Waals surface area contributed by atoms with E-state index in [1.807, 2.05) is 0 Å². The predicted molar refractivity (Wildman–Crippen MR) is 96.5 cm³/mol. The molecule has 22 heavy (non-hydrogen) atoms. The van der Waals surface area contributed by atoms with Crippen LogP contribution >= 0.6 is 0 Å². The second-order valence-corrected chi connectivity index (χ2v) is 5.65. The van der Waals surface area contributed by atoms with Crippen LogP contribution in [0.2, 0.25) is 0 Å². The molecule has 3 aromatic carbocycles. The number of para-hydroxylation sites is 1. The second-order valence-electron chi connectivity index (χ2n) is 5.65. The summed E-state index contributed by atoms with van der Waals surface area (Å²) in [5.41, 5.74) is 5.48. The standard InChI is InChI=1S/C21H23N/c1-3-16-10-7-11-17(4-2)21(16)22-15-19-13-8-12-18-9-5-6-14-20(18)19/h5-14,22H,3-4,15H2,1-2H3. The smallest absolute Gasteiger partial charge is 0.0407 e. The molecule has 0 aliphatic heterocycles. The van der Waals surface area contributed by atoms with Crippen LogP contribution in [0, 0.1) is 0 Å². The van der Waals surface area contributed by atoms with E-state index in [4.69, 9.17) is 0 Å². The van der Waals surface area contributed by atoms with Gasteiger partial charge in [-0.25, -0.2) is 0 Å². The van der Waals surface area contributed by atoms with Crippen LogP contribution < -0.4 is 5.32 Å². The summed E-state index contributed by atoms with van der Waals surface area (Å²) >= 11 is 0. The van der Waals surface area contributed by atoms with Crippen molar-refractivity contribution in [1.82, 2.24) is 0 Å². The van der Waals surface area contributed by atoms with Crippen LogP contribution in [0.15, 0.2) is 60.7 Å². The molecule has 0 fully saturated rings. The van der Waals surface area contributed by atoms with Gasteiger partial charge < -0.3 is 5.32 Å². The molecule has 1 N–H and O–H groups in total. The van der Waals surface area contributed by atoms with Crippen molar-refractivity contribution in [3.05, 3.63) is 77.4 Å². The molecule has 3 rings (SSSR count). The second kappa shape index (κ2) is 6.65. The normalized spacial score (nSPS) is 10.8. The summed E-state index contributed by atoms with van der Waals surface area (Å²) in [5.74, 6) is 0. The maximum absolute atomic E-state index is 3.69. The Bertz CT molecular complexity index is 746. The van der Waals surface area contributed by atoms with Gasteiger partial charge >= 0.3 is 0 Å². The predicted octanol–water partition coefficient (Wildman–Crippen LogP) is 5.58. The molecule has 0 radical (unpaired) electrons. The molecule has 0 heterocycles. The summed E-state index contributed by atoms with van der Waals surface area (Å²) < 4.78 is 0. The zero-order valence-electron chi connectivity index (χ0n) is 13.4. The van der Waals surface area contributed by atoms with Crippen molar-refractivity contribution in [2.24, 2.45) is 0 Å². The molecule has 0 aliphatic carbocycles. The Hall–Kier alpha value is -2.28. The van der Waals surface area contributed by atoms with Crippen LogP contribution in [0.3, 0.4) is 0 Å². The molecule has 0 atom stereocenters. The lowest BCUT2D eigenvalue weighted by atomic mass is 10.0. The van der Waals surface area contributed by atoms with Gasteiger partial charge in [0.2, 0.25) is 0 Å². The zero-order chi connectivity index (χ0) is 15.4. The minimum atomic E-state index is 0.866. The van der Waals surface area contributed by atoms with Crippen LogP contribution in [0.5, 0.6) is 0 Å². The molecule has 0 saturated heterocycles. The third-order valence-electron chi connectivity index (χ3n) is 4.33. The van der Waals surface area contributed by atoms with Crippen LogP contribution in [0.1, 0.15) is 30.5 Å². The largest absolute Gasteiger partial charge is 0.380 e. The minimum absolute atomic E-state index is 0.866. The Morgan fingerprint density at radius 2 is 1.27 bits per heavy atom. The summed E-state index contributed by atoms with van der Waals surface area (Å²) in [6, 6.07) is 21.8. The van der Waals surface area contributed by atoms with Gasteiger partial charge in [0.15, 0.2) is 0 Å². The highest BCUT2D eigenvalue weighted by molar-refractivity contribution is 5.85. The van der Waals surface area contributed by atoms with E-state index in [1.165, 1.54) is 33.2 Å². The Morgan fingerprint density at radius 3 is 2.00 bits per heavy atom. The molecule has 0 amide bonds. The van der Waals surface area contributed by atoms with Crippen LogP contribution in [0.25, 0.3) is 10.8 Å². The molecule has 1 heteroatoms. The van der Waals surface area contributed by atoms with Gasteiger partial charge in [-0.2, -0.15) is 0 Å². The van der Waals surface area contributed by atoms with Crippen molar-refractivity contribution >= 4 is 16.5 Å². The summed E-state index contributed by atoms with van der Waals surface area (Å²) in [6.45, 7) is 5.31. The number of hydrogen-bond donors (Lipinski definition) is 1. The van der Waals surface area contributed by atoms with E-state index < -0.39 is 0 Å². The van der Waals surface area contributed by atoms with Crippen molar-refractivity contribution in [3.63, 3.8) is 0 Å². The topological polar surface area (TPSA) is 12.0 Å². The van der Waals surface area contributed by atoms with Crippen LogP contribution in [-0.4, -0.2) is 0 Å². The highest BCUT2D eigenvalue weighted by Crippen LogP contribution is 2.25. The van der Waals surface area contributed by atoms with Gasteiger partial charge in [-0.15, -0.1) is 0 Å². The lowest BCUT2D eigenvalue weighted by Crippen LogP contribution is -2.05. The van der Waals surface area contributed by atoms with Crippen molar-refractivity contribution < 1.29 is 0 Å². The van der Waals surface area contributed by atoms with Gasteiger partial charge in [0.25, 0.3) is 0 Å². The maximum atomic E-state index is 3.69. The van der Waals surface area contributed by atoms with Crippen molar-refractivity contribution in [1.29, 1.82) is 0 Å². The minimum Gasteiger partial charge on any atom is -0.380 e. The highest BCUT2D eigenvalue weighted by atomic mass is 14.9. The van der Waals surface area contributed by atoms with Crippen LogP contribution in [0.4, 0.5) is 5.69 Å². The molecule has 3 aromatic rings. The molecular formula is C21H23N. The number of anilines is 1. The van der Waals surface area contributed by atoms with Gasteiger partial charge in [-0.3, -0.25) is 0 Å². The van der Waals surface area contributed by atoms with Crippen molar-refractivity contribution in [3.8, 4) is 0 Å². The van der Waals surface area contributed by atoms with Gasteiger partial charge in [0, 0.05) is 12.2 Å². The molecule has 1 nitrogen and oxygen atoms in total. The molecule has 0 saturated carbocycles. The number of nitrogens with one attached hydrogen (secondary N) is 1. The molecule has 0 spiro atoms. The third-order valence-corrected chi connectivity index (χ3v) is 4.33. The van der Waals surface area contributed by atoms with E-state index in [-0.39, 0.29) is 0 Å². The number of benzene rings is 3. The lowest BCUT2D eigenvalue weighted by molar-refractivity contribution is 1.05. The summed E-state index contributed by atoms with van der Waals surface area (Å²) in [6.07, 6.45) is 2.12. The molecule has 0 unspecified atom stereocenters. The van der Waals surface area contributed by atoms with Crippen molar-refractivity contribution in [2.75, 3.05) is 5.32 Å². The number of rotatable bonds is 5. The van der Waals surface area contributed by atoms with Gasteiger partial charge in [-0.1, -0.05) is 74.5 Å². The third kappa shape index (κ3) is 2.85. The quantitative estimate of drug-likeness (QED) is 0.647. The first-order valence-electron chi connectivity index (χ1n) is 8.14. The van der Waals surface area contributed by atoms with E-state index in [0.717, 1.165) is 19.4 Å². The van der Waals surface area contributed by atoms with E-state index in [1.54, 1.807) is 0 Å². The maximum Gasteiger partial charge on any atom is 0.0407 e. The molecule has 0 aromatic heterocycles. The fourth-order valence-corrected chi connectivity index (χ4v) is 3.10. The molecular weight excluding hydrogens is 266 g/mol.